The molecular formula is C12H19N3O. The highest BCUT2D eigenvalue weighted by Crippen LogP contribution is 2.38. The van der Waals surface area contributed by atoms with Gasteiger partial charge in [-0.1, -0.05) is 13.8 Å². The topological polar surface area (TPSA) is 60.9 Å². The number of nitrogens with two attached hydrogens (primary N) is 1. The van der Waals surface area contributed by atoms with Gasteiger partial charge in [0.1, 0.15) is 0 Å². The highest BCUT2D eigenvalue weighted by molar-refractivity contribution is 5.12. The van der Waals surface area contributed by atoms with E-state index in [4.69, 9.17) is 5.73 Å². The van der Waals surface area contributed by atoms with Crippen LogP contribution in [0.2, 0.25) is 0 Å². The van der Waals surface area contributed by atoms with Crippen LogP contribution in [0.5, 0.6) is 0 Å². The third-order valence-corrected chi connectivity index (χ3v) is 3.12. The molecule has 1 aromatic rings. The molecule has 1 aliphatic rings. The lowest BCUT2D eigenvalue weighted by atomic mass is 10.1. The number of hydrogen-bond acceptors (Lipinski definition) is 3. The molecule has 0 unspecified atom stereocenters. The minimum Gasteiger partial charge on any atom is -0.326 e. The molecule has 1 heterocycles. The van der Waals surface area contributed by atoms with Gasteiger partial charge in [-0.05, 0) is 24.8 Å². The molecule has 0 radical (unpaired) electrons. The minimum absolute atomic E-state index is 0.0142. The van der Waals surface area contributed by atoms with Gasteiger partial charge in [0.2, 0.25) is 0 Å². The molecule has 0 spiro atoms. The Labute approximate surface area is 95.5 Å². The lowest BCUT2D eigenvalue weighted by Crippen LogP contribution is -2.36. The second-order valence-corrected chi connectivity index (χ2v) is 4.96. The predicted molar refractivity (Wildman–Crippen MR) is 63.3 cm³/mol. The van der Waals surface area contributed by atoms with Crippen molar-refractivity contribution in [2.75, 3.05) is 0 Å². The summed E-state index contributed by atoms with van der Waals surface area (Å²) in [7, 11) is 0. The molecule has 0 bridgehead atoms. The van der Waals surface area contributed by atoms with Crippen LogP contribution in [0, 0.1) is 5.92 Å². The normalized spacial score (nSPS) is 17.8. The Bertz CT molecular complexity index is 421. The lowest BCUT2D eigenvalue weighted by molar-refractivity contribution is 0.400. The zero-order valence-corrected chi connectivity index (χ0v) is 9.89. The molecule has 1 aliphatic carbocycles. The van der Waals surface area contributed by atoms with Crippen molar-refractivity contribution >= 4 is 0 Å². The van der Waals surface area contributed by atoms with Gasteiger partial charge in [-0.15, -0.1) is 0 Å². The molecule has 0 amide bonds. The van der Waals surface area contributed by atoms with Gasteiger partial charge in [0.25, 0.3) is 5.56 Å². The quantitative estimate of drug-likeness (QED) is 0.828. The van der Waals surface area contributed by atoms with E-state index in [0.29, 0.717) is 18.4 Å². The zero-order chi connectivity index (χ0) is 11.7. The maximum atomic E-state index is 11.6. The molecule has 4 nitrogen and oxygen atoms in total. The maximum Gasteiger partial charge on any atom is 0.266 e. The molecule has 1 aromatic heterocycles. The van der Waals surface area contributed by atoms with Gasteiger partial charge in [0.15, 0.2) is 0 Å². The fourth-order valence-electron chi connectivity index (χ4n) is 1.60. The molecular weight excluding hydrogens is 202 g/mol. The summed E-state index contributed by atoms with van der Waals surface area (Å²) in [6.45, 7) is 4.62. The molecule has 88 valence electrons. The predicted octanol–water partition coefficient (Wildman–Crippen LogP) is 1.10. The van der Waals surface area contributed by atoms with Crippen molar-refractivity contribution in [1.29, 1.82) is 0 Å². The molecule has 4 heteroatoms. The van der Waals surface area contributed by atoms with Crippen molar-refractivity contribution in [3.63, 3.8) is 0 Å². The van der Waals surface area contributed by atoms with Crippen LogP contribution in [0.3, 0.4) is 0 Å². The largest absolute Gasteiger partial charge is 0.326 e. The Morgan fingerprint density at radius 3 is 2.75 bits per heavy atom. The standard InChI is InChI=1S/C12H19N3O/c1-8(2)10(13)7-15-12(16)6-5-11(14-15)9-3-4-9/h5-6,8-10H,3-4,7,13H2,1-2H3/t10-/m0/s1. The van der Waals surface area contributed by atoms with Crippen molar-refractivity contribution < 1.29 is 0 Å². The third kappa shape index (κ3) is 2.50. The van der Waals surface area contributed by atoms with Gasteiger partial charge >= 0.3 is 0 Å². The van der Waals surface area contributed by atoms with Crippen LogP contribution in [-0.2, 0) is 6.54 Å². The highest BCUT2D eigenvalue weighted by atomic mass is 16.1. The zero-order valence-electron chi connectivity index (χ0n) is 9.89. The van der Waals surface area contributed by atoms with E-state index >= 15 is 0 Å². The summed E-state index contributed by atoms with van der Waals surface area (Å²) in [5.74, 6) is 0.931. The lowest BCUT2D eigenvalue weighted by Gasteiger charge is -2.16. The van der Waals surface area contributed by atoms with E-state index in [1.54, 1.807) is 6.07 Å². The summed E-state index contributed by atoms with van der Waals surface area (Å²) in [6, 6.07) is 3.44. The second-order valence-electron chi connectivity index (χ2n) is 4.96. The number of hydrogen-bond donors (Lipinski definition) is 1. The van der Waals surface area contributed by atoms with Gasteiger partial charge in [0.05, 0.1) is 12.2 Å². The van der Waals surface area contributed by atoms with Crippen molar-refractivity contribution in [1.82, 2.24) is 9.78 Å². The summed E-state index contributed by atoms with van der Waals surface area (Å²) in [5.41, 5.74) is 6.94. The van der Waals surface area contributed by atoms with Crippen LogP contribution >= 0.6 is 0 Å². The maximum absolute atomic E-state index is 11.6. The number of rotatable bonds is 4. The highest BCUT2D eigenvalue weighted by Gasteiger charge is 2.25. The van der Waals surface area contributed by atoms with E-state index in [9.17, 15) is 4.79 Å². The fraction of sp³-hybridized carbons (Fsp3) is 0.667. The van der Waals surface area contributed by atoms with E-state index in [-0.39, 0.29) is 11.6 Å². The first-order valence-corrected chi connectivity index (χ1v) is 5.91. The number of aromatic nitrogens is 2. The molecule has 0 saturated heterocycles. The molecule has 1 fully saturated rings. The van der Waals surface area contributed by atoms with Crippen LogP contribution < -0.4 is 11.3 Å². The van der Waals surface area contributed by atoms with Crippen LogP contribution in [0.25, 0.3) is 0 Å². The van der Waals surface area contributed by atoms with E-state index in [2.05, 4.69) is 18.9 Å². The molecule has 0 aliphatic heterocycles. The summed E-state index contributed by atoms with van der Waals surface area (Å²) in [6.07, 6.45) is 2.39. The molecule has 16 heavy (non-hydrogen) atoms. The number of nitrogens with zero attached hydrogens (tertiary/aromatic N) is 2. The molecule has 1 saturated carbocycles. The molecule has 1 atom stereocenters. The SMILES string of the molecule is CC(C)[C@@H](N)Cn1nc(C2CC2)ccc1=O. The van der Waals surface area contributed by atoms with Gasteiger partial charge < -0.3 is 5.73 Å². The van der Waals surface area contributed by atoms with Crippen molar-refractivity contribution in [2.24, 2.45) is 11.7 Å². The van der Waals surface area contributed by atoms with Gasteiger partial charge in [-0.25, -0.2) is 4.68 Å². The minimum atomic E-state index is -0.0551. The van der Waals surface area contributed by atoms with Crippen LogP contribution in [0.4, 0.5) is 0 Å². The first-order chi connectivity index (χ1) is 7.58. The van der Waals surface area contributed by atoms with Crippen molar-refractivity contribution in [3.05, 3.63) is 28.2 Å². The van der Waals surface area contributed by atoms with Gasteiger partial charge in [-0.3, -0.25) is 4.79 Å². The van der Waals surface area contributed by atoms with Crippen molar-refractivity contribution in [2.45, 2.75) is 45.2 Å². The molecule has 2 rings (SSSR count). The summed E-state index contributed by atoms with van der Waals surface area (Å²) in [4.78, 5) is 11.6. The average molecular weight is 221 g/mol. The summed E-state index contributed by atoms with van der Waals surface area (Å²) in [5, 5.41) is 4.38. The monoisotopic (exact) mass is 221 g/mol. The van der Waals surface area contributed by atoms with Crippen LogP contribution in [0.1, 0.15) is 38.3 Å². The van der Waals surface area contributed by atoms with Crippen molar-refractivity contribution in [3.8, 4) is 0 Å². The van der Waals surface area contributed by atoms with E-state index in [0.717, 1.165) is 5.69 Å². The van der Waals surface area contributed by atoms with E-state index in [1.165, 1.54) is 17.5 Å². The molecule has 0 aromatic carbocycles. The first-order valence-electron chi connectivity index (χ1n) is 5.91. The van der Waals surface area contributed by atoms with E-state index < -0.39 is 0 Å². The fourth-order valence-corrected chi connectivity index (χ4v) is 1.60. The van der Waals surface area contributed by atoms with E-state index in [1.807, 2.05) is 6.07 Å². The van der Waals surface area contributed by atoms with Gasteiger partial charge in [0, 0.05) is 18.0 Å². The third-order valence-electron chi connectivity index (χ3n) is 3.12. The Morgan fingerprint density at radius 2 is 2.19 bits per heavy atom. The Balaban J connectivity index is 2.18. The Hall–Kier alpha value is -1.16. The molecule has 2 N–H and O–H groups in total. The van der Waals surface area contributed by atoms with Gasteiger partial charge in [-0.2, -0.15) is 5.10 Å². The first kappa shape index (κ1) is 11.3. The summed E-state index contributed by atoms with van der Waals surface area (Å²) >= 11 is 0. The summed E-state index contributed by atoms with van der Waals surface area (Å²) < 4.78 is 1.51. The smallest absolute Gasteiger partial charge is 0.266 e. The van der Waals surface area contributed by atoms with Crippen LogP contribution in [-0.4, -0.2) is 15.8 Å². The Morgan fingerprint density at radius 1 is 1.50 bits per heavy atom. The Kier molecular flexibility index (Phi) is 3.10. The second kappa shape index (κ2) is 4.37. The van der Waals surface area contributed by atoms with Crippen LogP contribution in [0.15, 0.2) is 16.9 Å². The average Bonchev–Trinajstić information content (AvgIpc) is 3.04.